The fourth-order valence-corrected chi connectivity index (χ4v) is 0. The van der Waals surface area contributed by atoms with Gasteiger partial charge < -0.3 is 10.2 Å². The molecule has 0 aromatic rings. The van der Waals surface area contributed by atoms with Gasteiger partial charge in [0.1, 0.15) is 0 Å². The van der Waals surface area contributed by atoms with Crippen LogP contribution in [0, 0.1) is 11.8 Å². The average molecular weight is 289 g/mol. The molecular weight excluding hydrogens is 248 g/mol. The Labute approximate surface area is 128 Å². The summed E-state index contributed by atoms with van der Waals surface area (Å²) in [5.74, 6) is 0.708. The molecule has 0 aromatic carbocycles. The van der Waals surface area contributed by atoms with E-state index in [9.17, 15) is 0 Å². The molecule has 0 amide bonds. The first-order valence-corrected chi connectivity index (χ1v) is 7.58. The SMILES string of the molecule is CC(C)=C(C)C.CC(C)C(C)(C)O.CC(C)C(C)(C)O. The second-order valence-electron chi connectivity index (χ2n) is 7.62. The molecule has 2 nitrogen and oxygen atoms in total. The lowest BCUT2D eigenvalue weighted by molar-refractivity contribution is 0.0323. The summed E-state index contributed by atoms with van der Waals surface area (Å²) in [5, 5.41) is 18.2. The van der Waals surface area contributed by atoms with Crippen LogP contribution in [0.2, 0.25) is 0 Å². The lowest BCUT2D eigenvalue weighted by Crippen LogP contribution is -2.25. The van der Waals surface area contributed by atoms with Crippen LogP contribution in [0.3, 0.4) is 0 Å². The van der Waals surface area contributed by atoms with Gasteiger partial charge in [-0.2, -0.15) is 0 Å². The van der Waals surface area contributed by atoms with E-state index in [4.69, 9.17) is 10.2 Å². The summed E-state index contributed by atoms with van der Waals surface area (Å²) in [6.07, 6.45) is 0. The standard InChI is InChI=1S/2C6H14O.C6H12/c2*1-5(2)6(3,4)7;1-5(2)6(3)4/h2*5,7H,1-4H3;1-4H3. The minimum Gasteiger partial charge on any atom is -0.390 e. The average Bonchev–Trinajstić information content (AvgIpc) is 2.15. The zero-order valence-electron chi connectivity index (χ0n) is 16.0. The highest BCUT2D eigenvalue weighted by Crippen LogP contribution is 2.13. The summed E-state index contributed by atoms with van der Waals surface area (Å²) in [6, 6.07) is 0. The molecule has 0 saturated carbocycles. The molecule has 0 atom stereocenters. The van der Waals surface area contributed by atoms with E-state index < -0.39 is 11.2 Å². The smallest absolute Gasteiger partial charge is 0.0614 e. The summed E-state index contributed by atoms with van der Waals surface area (Å²) in [4.78, 5) is 0. The lowest BCUT2D eigenvalue weighted by atomic mass is 9.95. The third kappa shape index (κ3) is 20.0. The predicted molar refractivity (Wildman–Crippen MR) is 92.0 cm³/mol. The molecule has 0 fully saturated rings. The van der Waals surface area contributed by atoms with Crippen LogP contribution in [0.1, 0.15) is 83.1 Å². The van der Waals surface area contributed by atoms with Gasteiger partial charge in [0.15, 0.2) is 0 Å². The van der Waals surface area contributed by atoms with E-state index in [2.05, 4.69) is 27.7 Å². The summed E-state index contributed by atoms with van der Waals surface area (Å²) >= 11 is 0. The van der Waals surface area contributed by atoms with Crippen LogP contribution < -0.4 is 0 Å². The van der Waals surface area contributed by atoms with Crippen molar-refractivity contribution in [3.8, 4) is 0 Å². The molecule has 0 aliphatic heterocycles. The molecule has 0 aliphatic rings. The van der Waals surface area contributed by atoms with E-state index >= 15 is 0 Å². The highest BCUT2D eigenvalue weighted by molar-refractivity contribution is 5.02. The molecule has 0 aliphatic carbocycles. The van der Waals surface area contributed by atoms with Crippen LogP contribution >= 0.6 is 0 Å². The Balaban J connectivity index is -0.000000218. The maximum absolute atomic E-state index is 9.09. The van der Waals surface area contributed by atoms with E-state index in [1.54, 1.807) is 0 Å². The zero-order valence-corrected chi connectivity index (χ0v) is 16.0. The lowest BCUT2D eigenvalue weighted by Gasteiger charge is -2.21. The van der Waals surface area contributed by atoms with E-state index in [0.717, 1.165) is 0 Å². The van der Waals surface area contributed by atoms with Gasteiger partial charge in [-0.05, 0) is 67.2 Å². The molecular formula is C18H40O2. The van der Waals surface area contributed by atoms with Gasteiger partial charge in [-0.3, -0.25) is 0 Å². The Morgan fingerprint density at radius 1 is 0.600 bits per heavy atom. The topological polar surface area (TPSA) is 40.5 Å². The van der Waals surface area contributed by atoms with Gasteiger partial charge in [0.05, 0.1) is 11.2 Å². The van der Waals surface area contributed by atoms with Gasteiger partial charge in [0.25, 0.3) is 0 Å². The number of rotatable bonds is 2. The summed E-state index contributed by atoms with van der Waals surface area (Å²) in [6.45, 7) is 23.8. The van der Waals surface area contributed by atoms with Crippen molar-refractivity contribution in [1.29, 1.82) is 0 Å². The summed E-state index contributed by atoms with van der Waals surface area (Å²) in [5.41, 5.74) is 1.85. The Morgan fingerprint density at radius 3 is 0.700 bits per heavy atom. The first-order valence-electron chi connectivity index (χ1n) is 7.58. The molecule has 0 radical (unpaired) electrons. The van der Waals surface area contributed by atoms with Gasteiger partial charge >= 0.3 is 0 Å². The molecule has 0 aromatic heterocycles. The molecule has 0 bridgehead atoms. The molecule has 2 heteroatoms. The fraction of sp³-hybridized carbons (Fsp3) is 0.889. The highest BCUT2D eigenvalue weighted by atomic mass is 16.3. The van der Waals surface area contributed by atoms with E-state index in [1.807, 2.05) is 55.4 Å². The molecule has 20 heavy (non-hydrogen) atoms. The van der Waals surface area contributed by atoms with Crippen molar-refractivity contribution in [1.82, 2.24) is 0 Å². The second kappa shape index (κ2) is 10.4. The molecule has 2 N–H and O–H groups in total. The van der Waals surface area contributed by atoms with Crippen LogP contribution in [0.4, 0.5) is 0 Å². The van der Waals surface area contributed by atoms with Crippen molar-refractivity contribution in [3.63, 3.8) is 0 Å². The third-order valence-corrected chi connectivity index (χ3v) is 3.83. The van der Waals surface area contributed by atoms with Crippen LogP contribution in [0.5, 0.6) is 0 Å². The minimum atomic E-state index is -0.500. The van der Waals surface area contributed by atoms with Crippen LogP contribution in [-0.4, -0.2) is 21.4 Å². The van der Waals surface area contributed by atoms with Gasteiger partial charge in [0, 0.05) is 0 Å². The molecule has 0 heterocycles. The predicted octanol–water partition coefficient (Wildman–Crippen LogP) is 5.19. The van der Waals surface area contributed by atoms with Gasteiger partial charge in [-0.1, -0.05) is 38.8 Å². The Bertz CT molecular complexity index is 224. The van der Waals surface area contributed by atoms with Gasteiger partial charge in [0.2, 0.25) is 0 Å². The Morgan fingerprint density at radius 2 is 0.700 bits per heavy atom. The number of hydrogen-bond donors (Lipinski definition) is 2. The van der Waals surface area contributed by atoms with Crippen molar-refractivity contribution in [2.45, 2.75) is 94.3 Å². The summed E-state index contributed by atoms with van der Waals surface area (Å²) in [7, 11) is 0. The molecule has 0 unspecified atom stereocenters. The van der Waals surface area contributed by atoms with Gasteiger partial charge in [-0.15, -0.1) is 0 Å². The van der Waals surface area contributed by atoms with Crippen molar-refractivity contribution in [2.75, 3.05) is 0 Å². The van der Waals surface area contributed by atoms with Crippen molar-refractivity contribution in [3.05, 3.63) is 11.1 Å². The van der Waals surface area contributed by atoms with Crippen LogP contribution in [-0.2, 0) is 0 Å². The summed E-state index contributed by atoms with van der Waals surface area (Å²) < 4.78 is 0. The normalized spacial score (nSPS) is 11.4. The van der Waals surface area contributed by atoms with Gasteiger partial charge in [-0.25, -0.2) is 0 Å². The van der Waals surface area contributed by atoms with Crippen LogP contribution in [0.25, 0.3) is 0 Å². The van der Waals surface area contributed by atoms with E-state index in [-0.39, 0.29) is 0 Å². The third-order valence-electron chi connectivity index (χ3n) is 3.83. The minimum absolute atomic E-state index is 0.354. The molecule has 124 valence electrons. The fourth-order valence-electron chi connectivity index (χ4n) is 0. The quantitative estimate of drug-likeness (QED) is 0.686. The second-order valence-corrected chi connectivity index (χ2v) is 7.62. The van der Waals surface area contributed by atoms with E-state index in [1.165, 1.54) is 11.1 Å². The molecule has 0 rings (SSSR count). The van der Waals surface area contributed by atoms with E-state index in [0.29, 0.717) is 11.8 Å². The van der Waals surface area contributed by atoms with Crippen molar-refractivity contribution >= 4 is 0 Å². The first-order chi connectivity index (χ1) is 8.53. The maximum Gasteiger partial charge on any atom is 0.0614 e. The monoisotopic (exact) mass is 288 g/mol. The number of allylic oxidation sites excluding steroid dienone is 2. The largest absolute Gasteiger partial charge is 0.390 e. The maximum atomic E-state index is 9.09. The molecule has 0 spiro atoms. The van der Waals surface area contributed by atoms with Crippen molar-refractivity contribution in [2.24, 2.45) is 11.8 Å². The molecule has 0 saturated heterocycles. The van der Waals surface area contributed by atoms with Crippen LogP contribution in [0.15, 0.2) is 11.1 Å². The Hall–Kier alpha value is -0.340. The highest BCUT2D eigenvalue weighted by Gasteiger charge is 2.16. The number of aliphatic hydroxyl groups is 2. The first kappa shape index (κ1) is 24.7. The zero-order chi connectivity index (χ0) is 17.3. The Kier molecular flexibility index (Phi) is 12.8. The van der Waals surface area contributed by atoms with Crippen molar-refractivity contribution < 1.29 is 10.2 Å². The number of hydrogen-bond acceptors (Lipinski definition) is 2.